The number of rotatable bonds is 3. The van der Waals surface area contributed by atoms with Crippen LogP contribution in [0.5, 0.6) is 0 Å². The minimum atomic E-state index is 0.0207. The van der Waals surface area contributed by atoms with Crippen LogP contribution in [-0.2, 0) is 0 Å². The van der Waals surface area contributed by atoms with Crippen LogP contribution in [0, 0.1) is 17.8 Å². The maximum absolute atomic E-state index is 12.6. The Kier molecular flexibility index (Phi) is 7.21. The van der Waals surface area contributed by atoms with Gasteiger partial charge in [-0.05, 0) is 50.9 Å². The van der Waals surface area contributed by atoms with E-state index in [1.165, 1.54) is 5.56 Å². The van der Waals surface area contributed by atoms with Gasteiger partial charge in [0.25, 0.3) is 0 Å². The first-order chi connectivity index (χ1) is 13.9. The van der Waals surface area contributed by atoms with E-state index in [4.69, 9.17) is 0 Å². The molecule has 29 heavy (non-hydrogen) atoms. The minimum absolute atomic E-state index is 0.0207. The fourth-order valence-electron chi connectivity index (χ4n) is 4.48. The number of aliphatic hydroxyl groups excluding tert-OH is 1. The number of amides is 2. The number of urea groups is 1. The third-order valence-corrected chi connectivity index (χ3v) is 5.87. The number of nitrogens with zero attached hydrogens (tertiary/aromatic N) is 2. The highest BCUT2D eigenvalue weighted by Gasteiger charge is 2.49. The summed E-state index contributed by atoms with van der Waals surface area (Å²) >= 11 is 0. The van der Waals surface area contributed by atoms with Gasteiger partial charge in [-0.25, -0.2) is 4.79 Å². The number of fused-ring (bicyclic) bond motifs is 1. The lowest BCUT2D eigenvalue weighted by atomic mass is 9.74. The summed E-state index contributed by atoms with van der Waals surface area (Å²) < 4.78 is 0. The Hall–Kier alpha value is -2.03. The van der Waals surface area contributed by atoms with Crippen molar-refractivity contribution in [2.24, 2.45) is 5.92 Å². The average Bonchev–Trinajstić information content (AvgIpc) is 2.65. The smallest absolute Gasteiger partial charge is 0.317 e. The van der Waals surface area contributed by atoms with Crippen LogP contribution in [-0.4, -0.2) is 65.3 Å². The molecular formula is C24H35N3O2. The summed E-state index contributed by atoms with van der Waals surface area (Å²) in [6.45, 7) is 10.8. The zero-order valence-corrected chi connectivity index (χ0v) is 18.2. The lowest BCUT2D eigenvalue weighted by Crippen LogP contribution is -2.68. The highest BCUT2D eigenvalue weighted by Crippen LogP contribution is 2.41. The van der Waals surface area contributed by atoms with Crippen molar-refractivity contribution in [3.63, 3.8) is 0 Å². The molecule has 0 aromatic heterocycles. The molecule has 1 aromatic rings. The van der Waals surface area contributed by atoms with Crippen molar-refractivity contribution in [3.8, 4) is 11.8 Å². The Morgan fingerprint density at radius 2 is 1.86 bits per heavy atom. The Morgan fingerprint density at radius 3 is 2.48 bits per heavy atom. The molecular weight excluding hydrogens is 362 g/mol. The molecule has 2 aliphatic rings. The van der Waals surface area contributed by atoms with Crippen molar-refractivity contribution in [1.82, 2.24) is 15.1 Å². The van der Waals surface area contributed by atoms with Gasteiger partial charge >= 0.3 is 6.03 Å². The molecule has 2 heterocycles. The highest BCUT2D eigenvalue weighted by molar-refractivity contribution is 5.74. The molecule has 3 atom stereocenters. The van der Waals surface area contributed by atoms with Crippen LogP contribution >= 0.6 is 0 Å². The van der Waals surface area contributed by atoms with E-state index in [2.05, 4.69) is 60.2 Å². The summed E-state index contributed by atoms with van der Waals surface area (Å²) in [4.78, 5) is 17.0. The first-order valence-corrected chi connectivity index (χ1v) is 10.9. The highest BCUT2D eigenvalue weighted by atomic mass is 16.3. The topological polar surface area (TPSA) is 55.8 Å². The van der Waals surface area contributed by atoms with Crippen molar-refractivity contribution in [2.75, 3.05) is 26.2 Å². The molecule has 2 fully saturated rings. The Bertz CT molecular complexity index is 748. The van der Waals surface area contributed by atoms with Crippen LogP contribution in [0.4, 0.5) is 4.79 Å². The zero-order chi connectivity index (χ0) is 21.0. The van der Waals surface area contributed by atoms with Gasteiger partial charge in [-0.15, -0.1) is 0 Å². The molecule has 5 nitrogen and oxygen atoms in total. The Labute approximate surface area is 175 Å². The predicted octanol–water partition coefficient (Wildman–Crippen LogP) is 3.04. The molecule has 3 rings (SSSR count). The average molecular weight is 398 g/mol. The molecule has 2 aliphatic heterocycles. The molecule has 0 bridgehead atoms. The van der Waals surface area contributed by atoms with Gasteiger partial charge in [0.05, 0.1) is 6.61 Å². The Balaban J connectivity index is 1.78. The number of nitrogens with one attached hydrogen (secondary N) is 1. The van der Waals surface area contributed by atoms with E-state index in [1.807, 2.05) is 18.7 Å². The summed E-state index contributed by atoms with van der Waals surface area (Å²) in [5, 5.41) is 13.1. The monoisotopic (exact) mass is 397 g/mol. The molecule has 2 N–H and O–H groups in total. The number of carbonyl (C=O) groups is 1. The van der Waals surface area contributed by atoms with Gasteiger partial charge in [-0.3, -0.25) is 4.90 Å². The van der Waals surface area contributed by atoms with Gasteiger partial charge in [-0.1, -0.05) is 37.8 Å². The third kappa shape index (κ3) is 5.12. The van der Waals surface area contributed by atoms with Crippen LogP contribution in [0.25, 0.3) is 0 Å². The first kappa shape index (κ1) is 21.7. The number of benzene rings is 1. The summed E-state index contributed by atoms with van der Waals surface area (Å²) in [6, 6.07) is 8.97. The molecule has 5 heteroatoms. The van der Waals surface area contributed by atoms with Gasteiger partial charge in [0, 0.05) is 48.6 Å². The normalized spacial score (nSPS) is 24.8. The second kappa shape index (κ2) is 9.65. The molecule has 0 aliphatic carbocycles. The maximum atomic E-state index is 12.6. The standard InChI is InChI=1S/C24H35N3O2/c1-17(2)7-8-19-9-11-20(12-10-19)23-21-15-26(24(29)25-18(3)4)13-5-6-14-27(21)22(23)16-28/h9-12,17-18,21-23,28H,5-6,13-16H2,1-4H3,(H,25,29)/t21-,22-,23+/m0/s1. The van der Waals surface area contributed by atoms with Gasteiger partial charge in [0.2, 0.25) is 0 Å². The zero-order valence-electron chi connectivity index (χ0n) is 18.2. The first-order valence-electron chi connectivity index (χ1n) is 10.9. The maximum Gasteiger partial charge on any atom is 0.317 e. The van der Waals surface area contributed by atoms with Crippen molar-refractivity contribution >= 4 is 6.03 Å². The van der Waals surface area contributed by atoms with E-state index < -0.39 is 0 Å². The summed E-state index contributed by atoms with van der Waals surface area (Å²) in [7, 11) is 0. The minimum Gasteiger partial charge on any atom is -0.395 e. The van der Waals surface area contributed by atoms with Crippen LogP contribution in [0.15, 0.2) is 24.3 Å². The Morgan fingerprint density at radius 1 is 1.17 bits per heavy atom. The van der Waals surface area contributed by atoms with Crippen molar-refractivity contribution in [1.29, 1.82) is 0 Å². The molecule has 158 valence electrons. The van der Waals surface area contributed by atoms with Gasteiger partial charge < -0.3 is 15.3 Å². The quantitative estimate of drug-likeness (QED) is 0.771. The fourth-order valence-corrected chi connectivity index (χ4v) is 4.48. The fraction of sp³-hybridized carbons (Fsp3) is 0.625. The van der Waals surface area contributed by atoms with E-state index in [9.17, 15) is 9.90 Å². The molecule has 0 saturated carbocycles. The molecule has 2 amide bonds. The van der Waals surface area contributed by atoms with E-state index in [0.29, 0.717) is 12.5 Å². The van der Waals surface area contributed by atoms with E-state index in [0.717, 1.165) is 31.5 Å². The largest absolute Gasteiger partial charge is 0.395 e. The second-order valence-electron chi connectivity index (χ2n) is 8.88. The van der Waals surface area contributed by atoms with Crippen LogP contribution in [0.2, 0.25) is 0 Å². The SMILES string of the molecule is CC(C)C#Cc1ccc([C@H]2[C@H](CO)N3CCCCN(C(=O)NC(C)C)C[C@@H]23)cc1. The van der Waals surface area contributed by atoms with Gasteiger partial charge in [-0.2, -0.15) is 0 Å². The lowest BCUT2D eigenvalue weighted by molar-refractivity contribution is -0.0591. The molecule has 2 saturated heterocycles. The summed E-state index contributed by atoms with van der Waals surface area (Å²) in [6.07, 6.45) is 2.05. The van der Waals surface area contributed by atoms with Crippen molar-refractivity contribution in [2.45, 2.75) is 64.6 Å². The van der Waals surface area contributed by atoms with Gasteiger partial charge in [0.1, 0.15) is 0 Å². The van der Waals surface area contributed by atoms with Crippen molar-refractivity contribution < 1.29 is 9.90 Å². The van der Waals surface area contributed by atoms with Crippen molar-refractivity contribution in [3.05, 3.63) is 35.4 Å². The third-order valence-electron chi connectivity index (χ3n) is 5.87. The van der Waals surface area contributed by atoms with E-state index in [1.54, 1.807) is 0 Å². The molecule has 0 unspecified atom stereocenters. The summed E-state index contributed by atoms with van der Waals surface area (Å²) in [5.74, 6) is 7.01. The van der Waals surface area contributed by atoms with E-state index >= 15 is 0 Å². The van der Waals surface area contributed by atoms with E-state index in [-0.39, 0.29) is 36.7 Å². The molecule has 0 spiro atoms. The number of aliphatic hydroxyl groups is 1. The van der Waals surface area contributed by atoms with Crippen LogP contribution < -0.4 is 5.32 Å². The molecule has 0 radical (unpaired) electrons. The number of hydrogen-bond acceptors (Lipinski definition) is 3. The lowest BCUT2D eigenvalue weighted by Gasteiger charge is -2.57. The number of hydrogen-bond donors (Lipinski definition) is 2. The second-order valence-corrected chi connectivity index (χ2v) is 8.88. The number of carbonyl (C=O) groups excluding carboxylic acids is 1. The summed E-state index contributed by atoms with van der Waals surface area (Å²) in [5.41, 5.74) is 2.25. The predicted molar refractivity (Wildman–Crippen MR) is 117 cm³/mol. The van der Waals surface area contributed by atoms with Gasteiger partial charge in [0.15, 0.2) is 0 Å². The van der Waals surface area contributed by atoms with Crippen LogP contribution in [0.3, 0.4) is 0 Å². The molecule has 1 aromatic carbocycles. The van der Waals surface area contributed by atoms with Crippen LogP contribution in [0.1, 0.15) is 57.6 Å².